The van der Waals surface area contributed by atoms with Crippen molar-refractivity contribution in [2.24, 2.45) is 0 Å². The molecule has 0 spiro atoms. The van der Waals surface area contributed by atoms with Crippen molar-refractivity contribution < 1.29 is 15.0 Å². The third-order valence-electron chi connectivity index (χ3n) is 1.49. The first-order valence-corrected chi connectivity index (χ1v) is 4.97. The SMILES string of the molecule is O=C(O)C(O)c1cc(Br)ccc1Br. The largest absolute Gasteiger partial charge is 0.479 e. The first-order chi connectivity index (χ1) is 6.02. The van der Waals surface area contributed by atoms with Crippen LogP contribution in [0.2, 0.25) is 0 Å². The lowest BCUT2D eigenvalue weighted by atomic mass is 10.1. The fourth-order valence-corrected chi connectivity index (χ4v) is 1.70. The summed E-state index contributed by atoms with van der Waals surface area (Å²) in [6.07, 6.45) is -1.49. The van der Waals surface area contributed by atoms with Crippen LogP contribution >= 0.6 is 31.9 Å². The van der Waals surface area contributed by atoms with Gasteiger partial charge in [0.2, 0.25) is 0 Å². The van der Waals surface area contributed by atoms with Gasteiger partial charge in [-0.25, -0.2) is 4.79 Å². The van der Waals surface area contributed by atoms with Crippen molar-refractivity contribution in [2.75, 3.05) is 0 Å². The Labute approximate surface area is 91.6 Å². The summed E-state index contributed by atoms with van der Waals surface area (Å²) in [6.45, 7) is 0. The number of carboxylic acids is 1. The van der Waals surface area contributed by atoms with Crippen LogP contribution in [0.5, 0.6) is 0 Å². The highest BCUT2D eigenvalue weighted by Crippen LogP contribution is 2.26. The molecule has 2 N–H and O–H groups in total. The summed E-state index contributed by atoms with van der Waals surface area (Å²) in [7, 11) is 0. The average Bonchev–Trinajstić information content (AvgIpc) is 2.08. The number of benzene rings is 1. The van der Waals surface area contributed by atoms with E-state index in [1.807, 2.05) is 0 Å². The number of hydrogen-bond acceptors (Lipinski definition) is 2. The first kappa shape index (κ1) is 10.7. The number of carboxylic acid groups (broad SMARTS) is 1. The van der Waals surface area contributed by atoms with Crippen LogP contribution in [0.3, 0.4) is 0 Å². The van der Waals surface area contributed by atoms with Crippen LogP contribution in [0.4, 0.5) is 0 Å². The smallest absolute Gasteiger partial charge is 0.337 e. The molecule has 1 aromatic rings. The van der Waals surface area contributed by atoms with Crippen LogP contribution in [-0.4, -0.2) is 16.2 Å². The van der Waals surface area contributed by atoms with Gasteiger partial charge in [-0.1, -0.05) is 31.9 Å². The number of carbonyl (C=O) groups is 1. The van der Waals surface area contributed by atoms with Gasteiger partial charge in [0.15, 0.2) is 6.10 Å². The van der Waals surface area contributed by atoms with Gasteiger partial charge in [0.1, 0.15) is 0 Å². The summed E-state index contributed by atoms with van der Waals surface area (Å²) in [5, 5.41) is 17.8. The minimum absolute atomic E-state index is 0.335. The monoisotopic (exact) mass is 308 g/mol. The molecule has 0 radical (unpaired) electrons. The Balaban J connectivity index is 3.12. The van der Waals surface area contributed by atoms with Crippen LogP contribution in [0.1, 0.15) is 11.7 Å². The summed E-state index contributed by atoms with van der Waals surface area (Å²) in [4.78, 5) is 10.5. The zero-order valence-electron chi connectivity index (χ0n) is 6.37. The number of hydrogen-bond donors (Lipinski definition) is 2. The van der Waals surface area contributed by atoms with Gasteiger partial charge in [-0.3, -0.25) is 0 Å². The molecule has 0 aliphatic rings. The van der Waals surface area contributed by atoms with Crippen LogP contribution in [0.25, 0.3) is 0 Å². The average molecular weight is 310 g/mol. The van der Waals surface area contributed by atoms with E-state index in [0.29, 0.717) is 10.0 Å². The predicted octanol–water partition coefficient (Wildman–Crippen LogP) is 2.33. The van der Waals surface area contributed by atoms with E-state index in [4.69, 9.17) is 5.11 Å². The number of aliphatic hydroxyl groups is 1. The third kappa shape index (κ3) is 2.52. The molecule has 0 aliphatic carbocycles. The predicted molar refractivity (Wildman–Crippen MR) is 54.4 cm³/mol. The molecule has 0 saturated carbocycles. The summed E-state index contributed by atoms with van der Waals surface area (Å²) < 4.78 is 1.30. The lowest BCUT2D eigenvalue weighted by Gasteiger charge is -2.08. The Kier molecular flexibility index (Phi) is 3.47. The number of aliphatic hydroxyl groups excluding tert-OH is 1. The Morgan fingerprint density at radius 2 is 2.00 bits per heavy atom. The number of rotatable bonds is 2. The van der Waals surface area contributed by atoms with Crippen molar-refractivity contribution >= 4 is 37.8 Å². The minimum atomic E-state index is -1.49. The van der Waals surface area contributed by atoms with Crippen LogP contribution in [0, 0.1) is 0 Å². The highest BCUT2D eigenvalue weighted by Gasteiger charge is 2.18. The van der Waals surface area contributed by atoms with Crippen molar-refractivity contribution in [1.29, 1.82) is 0 Å². The molecular weight excluding hydrogens is 304 g/mol. The molecule has 0 amide bonds. The Bertz CT molecular complexity index is 338. The molecule has 0 fully saturated rings. The number of aliphatic carboxylic acids is 1. The van der Waals surface area contributed by atoms with E-state index in [-0.39, 0.29) is 0 Å². The minimum Gasteiger partial charge on any atom is -0.479 e. The van der Waals surface area contributed by atoms with E-state index in [1.54, 1.807) is 18.2 Å². The second-order valence-corrected chi connectivity index (χ2v) is 4.18. The maximum atomic E-state index is 10.5. The lowest BCUT2D eigenvalue weighted by Crippen LogP contribution is -2.10. The standard InChI is InChI=1S/C8H6Br2O3/c9-4-1-2-6(10)5(3-4)7(11)8(12)13/h1-3,7,11H,(H,12,13). The zero-order chi connectivity index (χ0) is 10.0. The maximum Gasteiger partial charge on any atom is 0.337 e. The Morgan fingerprint density at radius 1 is 1.38 bits per heavy atom. The van der Waals surface area contributed by atoms with Gasteiger partial charge < -0.3 is 10.2 Å². The molecule has 3 nitrogen and oxygen atoms in total. The second-order valence-electron chi connectivity index (χ2n) is 2.41. The van der Waals surface area contributed by atoms with Gasteiger partial charge in [-0.15, -0.1) is 0 Å². The summed E-state index contributed by atoms with van der Waals surface area (Å²) in [6, 6.07) is 4.98. The first-order valence-electron chi connectivity index (χ1n) is 3.38. The van der Waals surface area contributed by atoms with Crippen LogP contribution in [0.15, 0.2) is 27.1 Å². The van der Waals surface area contributed by atoms with Crippen LogP contribution in [-0.2, 0) is 4.79 Å². The van der Waals surface area contributed by atoms with E-state index in [9.17, 15) is 9.90 Å². The van der Waals surface area contributed by atoms with E-state index in [2.05, 4.69) is 31.9 Å². The maximum absolute atomic E-state index is 10.5. The molecule has 1 aromatic carbocycles. The van der Waals surface area contributed by atoms with Crippen molar-refractivity contribution in [1.82, 2.24) is 0 Å². The molecule has 0 saturated heterocycles. The van der Waals surface area contributed by atoms with Gasteiger partial charge in [-0.2, -0.15) is 0 Å². The summed E-state index contributed by atoms with van der Waals surface area (Å²) in [5.74, 6) is -1.26. The Hall–Kier alpha value is -0.390. The highest BCUT2D eigenvalue weighted by molar-refractivity contribution is 9.11. The molecule has 70 valence electrons. The van der Waals surface area contributed by atoms with Gasteiger partial charge in [0.25, 0.3) is 0 Å². The molecule has 0 heterocycles. The quantitative estimate of drug-likeness (QED) is 0.881. The molecule has 0 aliphatic heterocycles. The zero-order valence-corrected chi connectivity index (χ0v) is 9.54. The summed E-state index contributed by atoms with van der Waals surface area (Å²) >= 11 is 6.34. The van der Waals surface area contributed by atoms with Gasteiger partial charge in [0.05, 0.1) is 0 Å². The van der Waals surface area contributed by atoms with E-state index < -0.39 is 12.1 Å². The summed E-state index contributed by atoms with van der Waals surface area (Å²) in [5.41, 5.74) is 0.335. The molecule has 5 heteroatoms. The molecule has 0 bridgehead atoms. The van der Waals surface area contributed by atoms with Crippen molar-refractivity contribution in [3.63, 3.8) is 0 Å². The van der Waals surface area contributed by atoms with Gasteiger partial charge in [-0.05, 0) is 18.2 Å². The highest BCUT2D eigenvalue weighted by atomic mass is 79.9. The number of halogens is 2. The van der Waals surface area contributed by atoms with E-state index in [1.165, 1.54) is 0 Å². The third-order valence-corrected chi connectivity index (χ3v) is 2.70. The van der Waals surface area contributed by atoms with Gasteiger partial charge in [0, 0.05) is 14.5 Å². The van der Waals surface area contributed by atoms with Gasteiger partial charge >= 0.3 is 5.97 Å². The normalized spacial score (nSPS) is 12.5. The fourth-order valence-electron chi connectivity index (χ4n) is 0.857. The fraction of sp³-hybridized carbons (Fsp3) is 0.125. The second kappa shape index (κ2) is 4.21. The molecule has 13 heavy (non-hydrogen) atoms. The molecular formula is C8H6Br2O3. The van der Waals surface area contributed by atoms with Crippen molar-refractivity contribution in [2.45, 2.75) is 6.10 Å². The van der Waals surface area contributed by atoms with Crippen molar-refractivity contribution in [3.05, 3.63) is 32.7 Å². The topological polar surface area (TPSA) is 57.5 Å². The van der Waals surface area contributed by atoms with E-state index in [0.717, 1.165) is 4.47 Å². The van der Waals surface area contributed by atoms with E-state index >= 15 is 0 Å². The molecule has 1 rings (SSSR count). The molecule has 1 atom stereocenters. The molecule has 0 aromatic heterocycles. The van der Waals surface area contributed by atoms with Crippen molar-refractivity contribution in [3.8, 4) is 0 Å². The van der Waals surface area contributed by atoms with Crippen LogP contribution < -0.4 is 0 Å². The molecule has 1 unspecified atom stereocenters. The Morgan fingerprint density at radius 3 is 2.54 bits per heavy atom. The lowest BCUT2D eigenvalue weighted by molar-refractivity contribution is -0.147.